The smallest absolute Gasteiger partial charge is 0.306 e. The number of benzene rings is 2. The Bertz CT molecular complexity index is 741. The van der Waals surface area contributed by atoms with Crippen LogP contribution in [0.3, 0.4) is 0 Å². The molecule has 0 bridgehead atoms. The number of hydrogen-bond acceptors (Lipinski definition) is 4. The Labute approximate surface area is 132 Å². The summed E-state index contributed by atoms with van der Waals surface area (Å²) in [6.07, 6.45) is 0. The standard InChI is InChI=1S/C16H15FN2O4/c1-10-4-3-5-11(2)16(10)23-9-15(20)18-12-6-7-13(17)14(8-12)19(21)22/h3-8H,9H2,1-2H3,(H,18,20). The Hall–Kier alpha value is -2.96. The third-order valence-corrected chi connectivity index (χ3v) is 3.18. The first-order valence-corrected chi connectivity index (χ1v) is 6.81. The number of halogens is 1. The minimum atomic E-state index is -0.959. The van der Waals surface area contributed by atoms with E-state index in [4.69, 9.17) is 4.74 Å². The highest BCUT2D eigenvalue weighted by Gasteiger charge is 2.15. The number of nitro benzene ring substituents is 1. The van der Waals surface area contributed by atoms with Crippen molar-refractivity contribution < 1.29 is 18.8 Å². The highest BCUT2D eigenvalue weighted by molar-refractivity contribution is 5.92. The van der Waals surface area contributed by atoms with Gasteiger partial charge in [-0.05, 0) is 37.1 Å². The van der Waals surface area contributed by atoms with Gasteiger partial charge in [0.05, 0.1) is 4.92 Å². The second-order valence-corrected chi connectivity index (χ2v) is 4.98. The van der Waals surface area contributed by atoms with E-state index in [2.05, 4.69) is 5.32 Å². The third-order valence-electron chi connectivity index (χ3n) is 3.18. The molecule has 0 aromatic heterocycles. The van der Waals surface area contributed by atoms with Gasteiger partial charge in [0.2, 0.25) is 5.82 Å². The second-order valence-electron chi connectivity index (χ2n) is 4.98. The largest absolute Gasteiger partial charge is 0.483 e. The van der Waals surface area contributed by atoms with Crippen LogP contribution in [0.2, 0.25) is 0 Å². The Morgan fingerprint density at radius 1 is 1.26 bits per heavy atom. The number of amides is 1. The van der Waals surface area contributed by atoms with Crippen molar-refractivity contribution in [2.24, 2.45) is 0 Å². The van der Waals surface area contributed by atoms with Gasteiger partial charge in [0, 0.05) is 11.8 Å². The number of rotatable bonds is 5. The molecule has 0 heterocycles. The summed E-state index contributed by atoms with van der Waals surface area (Å²) in [4.78, 5) is 21.7. The molecule has 0 atom stereocenters. The molecule has 0 saturated carbocycles. The molecular formula is C16H15FN2O4. The van der Waals surface area contributed by atoms with Crippen molar-refractivity contribution >= 4 is 17.3 Å². The molecule has 2 rings (SSSR count). The maximum Gasteiger partial charge on any atom is 0.306 e. The summed E-state index contributed by atoms with van der Waals surface area (Å²) in [6.45, 7) is 3.48. The van der Waals surface area contributed by atoms with E-state index in [0.717, 1.165) is 23.3 Å². The molecular weight excluding hydrogens is 303 g/mol. The lowest BCUT2D eigenvalue weighted by Crippen LogP contribution is -2.20. The van der Waals surface area contributed by atoms with E-state index in [1.54, 1.807) is 0 Å². The fourth-order valence-electron chi connectivity index (χ4n) is 2.09. The number of nitrogens with zero attached hydrogens (tertiary/aromatic N) is 1. The number of carbonyl (C=O) groups excluding carboxylic acids is 1. The van der Waals surface area contributed by atoms with Gasteiger partial charge in [-0.2, -0.15) is 4.39 Å². The van der Waals surface area contributed by atoms with Gasteiger partial charge < -0.3 is 10.1 Å². The van der Waals surface area contributed by atoms with Crippen LogP contribution in [0.15, 0.2) is 36.4 Å². The van der Waals surface area contributed by atoms with Crippen molar-refractivity contribution in [2.45, 2.75) is 13.8 Å². The molecule has 0 unspecified atom stereocenters. The zero-order valence-corrected chi connectivity index (χ0v) is 12.6. The van der Waals surface area contributed by atoms with Crippen LogP contribution < -0.4 is 10.1 Å². The highest BCUT2D eigenvalue weighted by atomic mass is 19.1. The monoisotopic (exact) mass is 318 g/mol. The van der Waals surface area contributed by atoms with Crippen molar-refractivity contribution in [3.63, 3.8) is 0 Å². The highest BCUT2D eigenvalue weighted by Crippen LogP contribution is 2.23. The van der Waals surface area contributed by atoms with Crippen LogP contribution in [0, 0.1) is 29.8 Å². The number of nitrogens with one attached hydrogen (secondary N) is 1. The lowest BCUT2D eigenvalue weighted by Gasteiger charge is -2.12. The molecule has 0 radical (unpaired) electrons. The molecule has 1 N–H and O–H groups in total. The lowest BCUT2D eigenvalue weighted by atomic mass is 10.1. The lowest BCUT2D eigenvalue weighted by molar-refractivity contribution is -0.387. The molecule has 0 spiro atoms. The number of aryl methyl sites for hydroxylation is 2. The summed E-state index contributed by atoms with van der Waals surface area (Å²) in [7, 11) is 0. The Morgan fingerprint density at radius 3 is 2.52 bits per heavy atom. The number of anilines is 1. The van der Waals surface area contributed by atoms with Crippen molar-refractivity contribution in [3.8, 4) is 5.75 Å². The maximum absolute atomic E-state index is 13.2. The number of hydrogen-bond donors (Lipinski definition) is 1. The second kappa shape index (κ2) is 6.87. The number of nitro groups is 1. The van der Waals surface area contributed by atoms with Crippen molar-refractivity contribution in [1.82, 2.24) is 0 Å². The zero-order valence-electron chi connectivity index (χ0n) is 12.6. The zero-order chi connectivity index (χ0) is 17.0. The molecule has 23 heavy (non-hydrogen) atoms. The van der Waals surface area contributed by atoms with Crippen LogP contribution in [0.4, 0.5) is 15.8 Å². The number of carbonyl (C=O) groups is 1. The van der Waals surface area contributed by atoms with Crippen LogP contribution in [0.1, 0.15) is 11.1 Å². The van der Waals surface area contributed by atoms with Gasteiger partial charge >= 0.3 is 5.69 Å². The average Bonchev–Trinajstić information content (AvgIpc) is 2.48. The summed E-state index contributed by atoms with van der Waals surface area (Å²) in [5.74, 6) is -0.832. The minimum Gasteiger partial charge on any atom is -0.483 e. The fourth-order valence-corrected chi connectivity index (χ4v) is 2.09. The van der Waals surface area contributed by atoms with Gasteiger partial charge in [-0.1, -0.05) is 18.2 Å². The summed E-state index contributed by atoms with van der Waals surface area (Å²) >= 11 is 0. The number of para-hydroxylation sites is 1. The molecule has 0 aliphatic heterocycles. The predicted octanol–water partition coefficient (Wildman–Crippen LogP) is 3.37. The van der Waals surface area contributed by atoms with E-state index < -0.39 is 22.3 Å². The Balaban J connectivity index is 2.03. The first-order valence-electron chi connectivity index (χ1n) is 6.81. The molecule has 6 nitrogen and oxygen atoms in total. The normalized spacial score (nSPS) is 10.2. The van der Waals surface area contributed by atoms with Crippen LogP contribution in [0.5, 0.6) is 5.75 Å². The van der Waals surface area contributed by atoms with E-state index in [0.29, 0.717) is 5.75 Å². The van der Waals surface area contributed by atoms with E-state index in [-0.39, 0.29) is 12.3 Å². The van der Waals surface area contributed by atoms with E-state index in [1.807, 2.05) is 32.0 Å². The van der Waals surface area contributed by atoms with Crippen molar-refractivity contribution in [1.29, 1.82) is 0 Å². The Kier molecular flexibility index (Phi) is 4.90. The van der Waals surface area contributed by atoms with Crippen LogP contribution in [-0.4, -0.2) is 17.4 Å². The summed E-state index contributed by atoms with van der Waals surface area (Å²) < 4.78 is 18.7. The molecule has 0 fully saturated rings. The third kappa shape index (κ3) is 4.03. The molecule has 0 aliphatic rings. The predicted molar refractivity (Wildman–Crippen MR) is 83.1 cm³/mol. The van der Waals surface area contributed by atoms with Gasteiger partial charge in [-0.3, -0.25) is 14.9 Å². The average molecular weight is 318 g/mol. The van der Waals surface area contributed by atoms with Gasteiger partial charge in [-0.25, -0.2) is 0 Å². The van der Waals surface area contributed by atoms with Gasteiger partial charge in [-0.15, -0.1) is 0 Å². The first kappa shape index (κ1) is 16.4. The quantitative estimate of drug-likeness (QED) is 0.677. The van der Waals surface area contributed by atoms with Gasteiger partial charge in [0.15, 0.2) is 6.61 Å². The Morgan fingerprint density at radius 2 is 1.91 bits per heavy atom. The van der Waals surface area contributed by atoms with E-state index in [1.165, 1.54) is 6.07 Å². The van der Waals surface area contributed by atoms with Crippen molar-refractivity contribution in [3.05, 3.63) is 63.5 Å². The molecule has 2 aromatic carbocycles. The molecule has 0 aliphatic carbocycles. The van der Waals surface area contributed by atoms with Crippen LogP contribution >= 0.6 is 0 Å². The van der Waals surface area contributed by atoms with Gasteiger partial charge in [0.25, 0.3) is 5.91 Å². The molecule has 2 aromatic rings. The van der Waals surface area contributed by atoms with Crippen LogP contribution in [-0.2, 0) is 4.79 Å². The van der Waals surface area contributed by atoms with Crippen LogP contribution in [0.25, 0.3) is 0 Å². The number of ether oxygens (including phenoxy) is 1. The molecule has 1 amide bonds. The topological polar surface area (TPSA) is 81.5 Å². The first-order chi connectivity index (χ1) is 10.9. The van der Waals surface area contributed by atoms with Gasteiger partial charge in [0.1, 0.15) is 5.75 Å². The minimum absolute atomic E-state index is 0.133. The van der Waals surface area contributed by atoms with Crippen molar-refractivity contribution in [2.75, 3.05) is 11.9 Å². The summed E-state index contributed by atoms with van der Waals surface area (Å²) in [5, 5.41) is 13.1. The summed E-state index contributed by atoms with van der Waals surface area (Å²) in [5.41, 5.74) is 1.23. The molecule has 7 heteroatoms. The maximum atomic E-state index is 13.2. The SMILES string of the molecule is Cc1cccc(C)c1OCC(=O)Nc1ccc(F)c([N+](=O)[O-])c1. The summed E-state index contributed by atoms with van der Waals surface area (Å²) in [6, 6.07) is 8.76. The fraction of sp³-hybridized carbons (Fsp3) is 0.188. The van der Waals surface area contributed by atoms with E-state index in [9.17, 15) is 19.3 Å². The molecule has 120 valence electrons. The molecule has 0 saturated heterocycles. The van der Waals surface area contributed by atoms with E-state index >= 15 is 0 Å².